The van der Waals surface area contributed by atoms with Crippen molar-refractivity contribution in [3.8, 4) is 0 Å². The maximum Gasteiger partial charge on any atom is 0.232 e. The highest BCUT2D eigenvalue weighted by molar-refractivity contribution is 6.05. The van der Waals surface area contributed by atoms with Crippen LogP contribution in [-0.2, 0) is 16.1 Å². The summed E-state index contributed by atoms with van der Waals surface area (Å²) in [7, 11) is 0. The van der Waals surface area contributed by atoms with E-state index in [-0.39, 0.29) is 18.2 Å². The molecule has 0 aromatic heterocycles. The van der Waals surface area contributed by atoms with Gasteiger partial charge in [-0.1, -0.05) is 25.1 Å². The second kappa shape index (κ2) is 8.33. The van der Waals surface area contributed by atoms with Crippen LogP contribution in [0.1, 0.15) is 43.2 Å². The molecule has 0 saturated carbocycles. The van der Waals surface area contributed by atoms with Gasteiger partial charge in [0.1, 0.15) is 5.82 Å². The average Bonchev–Trinajstić information content (AvgIpc) is 2.70. The summed E-state index contributed by atoms with van der Waals surface area (Å²) in [6, 6.07) is 12.0. The molecule has 2 amide bonds. The van der Waals surface area contributed by atoms with Gasteiger partial charge in [-0.25, -0.2) is 4.39 Å². The van der Waals surface area contributed by atoms with Crippen LogP contribution in [0.3, 0.4) is 0 Å². The molecule has 0 bridgehead atoms. The van der Waals surface area contributed by atoms with Gasteiger partial charge in [0.05, 0.1) is 5.92 Å². The van der Waals surface area contributed by atoms with Crippen LogP contribution in [-0.4, -0.2) is 29.8 Å². The Labute approximate surface area is 170 Å². The number of carbonyl (C=O) groups excluding carboxylic acids is 2. The summed E-state index contributed by atoms with van der Waals surface area (Å²) in [6.07, 6.45) is 2.54. The molecule has 2 aliphatic heterocycles. The SMILES string of the molecule is CC1CCN(Cc2ccc(NC(=O)C3CC(=O)Nc4cc(F)ccc43)cc2)CC1. The molecule has 1 atom stereocenters. The Morgan fingerprint density at radius 1 is 1.17 bits per heavy atom. The minimum Gasteiger partial charge on any atom is -0.326 e. The fourth-order valence-electron chi connectivity index (χ4n) is 4.07. The Morgan fingerprint density at radius 3 is 2.62 bits per heavy atom. The third kappa shape index (κ3) is 4.65. The average molecular weight is 395 g/mol. The van der Waals surface area contributed by atoms with Crippen LogP contribution in [0.4, 0.5) is 15.8 Å². The maximum absolute atomic E-state index is 13.5. The van der Waals surface area contributed by atoms with Gasteiger partial charge >= 0.3 is 0 Å². The van der Waals surface area contributed by atoms with Crippen molar-refractivity contribution in [1.29, 1.82) is 0 Å². The van der Waals surface area contributed by atoms with Gasteiger partial charge in [0, 0.05) is 24.3 Å². The number of benzene rings is 2. The van der Waals surface area contributed by atoms with E-state index in [4.69, 9.17) is 0 Å². The predicted octanol–water partition coefficient (Wildman–Crippen LogP) is 4.12. The largest absolute Gasteiger partial charge is 0.326 e. The van der Waals surface area contributed by atoms with Gasteiger partial charge in [-0.3, -0.25) is 14.5 Å². The fraction of sp³-hybridized carbons (Fsp3) is 0.391. The van der Waals surface area contributed by atoms with Gasteiger partial charge in [0.2, 0.25) is 11.8 Å². The molecule has 0 aliphatic carbocycles. The third-order valence-corrected chi connectivity index (χ3v) is 5.87. The second-order valence-corrected chi connectivity index (χ2v) is 8.18. The van der Waals surface area contributed by atoms with Crippen LogP contribution in [0.2, 0.25) is 0 Å². The van der Waals surface area contributed by atoms with E-state index >= 15 is 0 Å². The van der Waals surface area contributed by atoms with Gasteiger partial charge < -0.3 is 10.6 Å². The molecule has 29 heavy (non-hydrogen) atoms. The number of fused-ring (bicyclic) bond motifs is 1. The van der Waals surface area contributed by atoms with E-state index in [1.54, 1.807) is 6.07 Å². The molecule has 0 radical (unpaired) electrons. The number of amides is 2. The number of halogens is 1. The van der Waals surface area contributed by atoms with Crippen LogP contribution in [0.5, 0.6) is 0 Å². The maximum atomic E-state index is 13.5. The van der Waals surface area contributed by atoms with Crippen molar-refractivity contribution >= 4 is 23.2 Å². The molecule has 1 fully saturated rings. The molecule has 2 aromatic rings. The predicted molar refractivity (Wildman–Crippen MR) is 111 cm³/mol. The molecular formula is C23H26FN3O2. The van der Waals surface area contributed by atoms with E-state index in [9.17, 15) is 14.0 Å². The lowest BCUT2D eigenvalue weighted by atomic mass is 9.89. The van der Waals surface area contributed by atoms with Crippen molar-refractivity contribution in [1.82, 2.24) is 4.90 Å². The number of nitrogens with zero attached hydrogens (tertiary/aromatic N) is 1. The first-order valence-corrected chi connectivity index (χ1v) is 10.2. The van der Waals surface area contributed by atoms with Crippen molar-refractivity contribution in [3.05, 3.63) is 59.4 Å². The van der Waals surface area contributed by atoms with Crippen molar-refractivity contribution in [2.75, 3.05) is 23.7 Å². The van der Waals surface area contributed by atoms with E-state index in [1.165, 1.54) is 30.5 Å². The molecule has 2 aliphatic rings. The number of piperidine rings is 1. The Morgan fingerprint density at radius 2 is 1.90 bits per heavy atom. The molecule has 0 spiro atoms. The van der Waals surface area contributed by atoms with E-state index in [0.29, 0.717) is 16.9 Å². The number of hydrogen-bond donors (Lipinski definition) is 2. The van der Waals surface area contributed by atoms with Crippen molar-refractivity contribution < 1.29 is 14.0 Å². The highest BCUT2D eigenvalue weighted by atomic mass is 19.1. The zero-order chi connectivity index (χ0) is 20.4. The fourth-order valence-corrected chi connectivity index (χ4v) is 4.07. The summed E-state index contributed by atoms with van der Waals surface area (Å²) in [5, 5.41) is 5.53. The van der Waals surface area contributed by atoms with Crippen LogP contribution >= 0.6 is 0 Å². The number of rotatable bonds is 4. The van der Waals surface area contributed by atoms with Crippen LogP contribution in [0, 0.1) is 11.7 Å². The van der Waals surface area contributed by atoms with E-state index in [2.05, 4.69) is 22.5 Å². The number of hydrogen-bond acceptors (Lipinski definition) is 3. The summed E-state index contributed by atoms with van der Waals surface area (Å²) in [5.41, 5.74) is 2.92. The van der Waals surface area contributed by atoms with Crippen molar-refractivity contribution in [2.24, 2.45) is 5.92 Å². The molecule has 5 nitrogen and oxygen atoms in total. The smallest absolute Gasteiger partial charge is 0.232 e. The summed E-state index contributed by atoms with van der Waals surface area (Å²) in [6.45, 7) is 5.48. The van der Waals surface area contributed by atoms with E-state index < -0.39 is 11.7 Å². The summed E-state index contributed by atoms with van der Waals surface area (Å²) in [4.78, 5) is 27.2. The molecule has 2 aromatic carbocycles. The second-order valence-electron chi connectivity index (χ2n) is 8.18. The summed E-state index contributed by atoms with van der Waals surface area (Å²) < 4.78 is 13.5. The lowest BCUT2D eigenvalue weighted by Crippen LogP contribution is -2.32. The zero-order valence-corrected chi connectivity index (χ0v) is 16.6. The molecule has 1 unspecified atom stereocenters. The first-order valence-electron chi connectivity index (χ1n) is 10.2. The van der Waals surface area contributed by atoms with Gasteiger partial charge in [0.25, 0.3) is 0 Å². The molecule has 152 valence electrons. The number of nitrogens with one attached hydrogen (secondary N) is 2. The van der Waals surface area contributed by atoms with Crippen LogP contribution in [0.15, 0.2) is 42.5 Å². The van der Waals surface area contributed by atoms with Crippen molar-refractivity contribution in [2.45, 2.75) is 38.6 Å². The van der Waals surface area contributed by atoms with Gasteiger partial charge in [-0.15, -0.1) is 0 Å². The highest BCUT2D eigenvalue weighted by Crippen LogP contribution is 2.33. The van der Waals surface area contributed by atoms with Gasteiger partial charge in [-0.05, 0) is 67.2 Å². The summed E-state index contributed by atoms with van der Waals surface area (Å²) in [5.74, 6) is -0.800. The number of likely N-dealkylation sites (tertiary alicyclic amines) is 1. The monoisotopic (exact) mass is 395 g/mol. The van der Waals surface area contributed by atoms with E-state index in [1.807, 2.05) is 24.3 Å². The minimum atomic E-state index is -0.630. The molecule has 1 saturated heterocycles. The standard InChI is InChI=1S/C23H26FN3O2/c1-15-8-10-27(11-9-15)14-16-2-5-18(6-3-16)25-23(29)20-13-22(28)26-21-12-17(24)4-7-19(20)21/h2-7,12,15,20H,8-11,13-14H2,1H3,(H,25,29)(H,26,28). The minimum absolute atomic E-state index is 0.0515. The normalized spacial score (nSPS) is 20.1. The Kier molecular flexibility index (Phi) is 5.62. The van der Waals surface area contributed by atoms with Crippen molar-refractivity contribution in [3.63, 3.8) is 0 Å². The summed E-state index contributed by atoms with van der Waals surface area (Å²) >= 11 is 0. The Hall–Kier alpha value is -2.73. The highest BCUT2D eigenvalue weighted by Gasteiger charge is 2.31. The molecule has 4 rings (SSSR count). The molecule has 2 heterocycles. The Bertz CT molecular complexity index is 905. The molecule has 2 N–H and O–H groups in total. The molecule has 6 heteroatoms. The van der Waals surface area contributed by atoms with Gasteiger partial charge in [-0.2, -0.15) is 0 Å². The molecular weight excluding hydrogens is 369 g/mol. The first-order chi connectivity index (χ1) is 14.0. The quantitative estimate of drug-likeness (QED) is 0.819. The topological polar surface area (TPSA) is 61.4 Å². The van der Waals surface area contributed by atoms with Gasteiger partial charge in [0.15, 0.2) is 0 Å². The third-order valence-electron chi connectivity index (χ3n) is 5.87. The lowest BCUT2D eigenvalue weighted by molar-refractivity contribution is -0.123. The number of anilines is 2. The first kappa shape index (κ1) is 19.6. The Balaban J connectivity index is 1.40. The van der Waals surface area contributed by atoms with Crippen LogP contribution in [0.25, 0.3) is 0 Å². The van der Waals surface area contributed by atoms with E-state index in [0.717, 1.165) is 25.6 Å². The zero-order valence-electron chi connectivity index (χ0n) is 16.6. The lowest BCUT2D eigenvalue weighted by Gasteiger charge is -2.30. The number of carbonyl (C=O) groups is 2. The van der Waals surface area contributed by atoms with Crippen LogP contribution < -0.4 is 10.6 Å².